The summed E-state index contributed by atoms with van der Waals surface area (Å²) in [6.07, 6.45) is 3.22. The second-order valence-corrected chi connectivity index (χ2v) is 5.83. The zero-order chi connectivity index (χ0) is 14.5. The fourth-order valence-electron chi connectivity index (χ4n) is 2.00. The van der Waals surface area contributed by atoms with Crippen LogP contribution in [-0.4, -0.2) is 31.1 Å². The van der Waals surface area contributed by atoms with E-state index < -0.39 is 11.2 Å². The molecular formula is C15H28O4. The molecule has 1 heterocycles. The highest BCUT2D eigenvalue weighted by molar-refractivity contribution is 5.75. The summed E-state index contributed by atoms with van der Waals surface area (Å²) >= 11 is 0. The minimum atomic E-state index is -0.419. The van der Waals surface area contributed by atoms with Crippen LogP contribution in [0, 0.1) is 5.41 Å². The summed E-state index contributed by atoms with van der Waals surface area (Å²) in [5, 5.41) is 0. The third kappa shape index (κ3) is 4.18. The molecule has 1 atom stereocenters. The van der Waals surface area contributed by atoms with Gasteiger partial charge in [-0.1, -0.05) is 20.8 Å². The number of hydrogen-bond acceptors (Lipinski definition) is 4. The van der Waals surface area contributed by atoms with E-state index in [1.165, 1.54) is 0 Å². The van der Waals surface area contributed by atoms with Crippen LogP contribution in [0.1, 0.15) is 60.3 Å². The minimum Gasteiger partial charge on any atom is -0.465 e. The summed E-state index contributed by atoms with van der Waals surface area (Å²) in [5.74, 6) is -0.552. The summed E-state index contributed by atoms with van der Waals surface area (Å²) in [7, 11) is 0. The van der Waals surface area contributed by atoms with Gasteiger partial charge >= 0.3 is 5.97 Å². The predicted octanol–water partition coefficient (Wildman–Crippen LogP) is 3.29. The number of hydrogen-bond donors (Lipinski definition) is 0. The molecule has 0 saturated carbocycles. The molecule has 1 rings (SSSR count). The van der Waals surface area contributed by atoms with Crippen molar-refractivity contribution in [2.45, 2.75) is 72.2 Å². The van der Waals surface area contributed by atoms with Crippen LogP contribution in [0.3, 0.4) is 0 Å². The number of carbonyl (C=O) groups excluding carboxylic acids is 1. The van der Waals surface area contributed by atoms with Gasteiger partial charge in [-0.2, -0.15) is 0 Å². The molecule has 4 nitrogen and oxygen atoms in total. The van der Waals surface area contributed by atoms with Crippen LogP contribution in [0.4, 0.5) is 0 Å². The molecule has 0 aromatic carbocycles. The Morgan fingerprint density at radius 1 is 1.32 bits per heavy atom. The Balaban J connectivity index is 2.30. The smallest absolute Gasteiger partial charge is 0.311 e. The van der Waals surface area contributed by atoms with Crippen molar-refractivity contribution < 1.29 is 19.0 Å². The van der Waals surface area contributed by atoms with Crippen molar-refractivity contribution in [3.05, 3.63) is 0 Å². The average Bonchev–Trinajstić information content (AvgIpc) is 2.83. The molecule has 0 spiro atoms. The highest BCUT2D eigenvalue weighted by atomic mass is 16.7. The molecule has 0 amide bonds. The van der Waals surface area contributed by atoms with Crippen LogP contribution in [0.25, 0.3) is 0 Å². The van der Waals surface area contributed by atoms with Crippen molar-refractivity contribution in [1.82, 2.24) is 0 Å². The highest BCUT2D eigenvalue weighted by Gasteiger charge is 2.38. The zero-order valence-corrected chi connectivity index (χ0v) is 13.0. The molecule has 0 aromatic rings. The molecule has 1 unspecified atom stereocenters. The van der Waals surface area contributed by atoms with Crippen molar-refractivity contribution >= 4 is 5.97 Å². The van der Waals surface area contributed by atoms with E-state index in [4.69, 9.17) is 14.2 Å². The van der Waals surface area contributed by atoms with Crippen molar-refractivity contribution in [3.8, 4) is 0 Å². The van der Waals surface area contributed by atoms with E-state index in [1.54, 1.807) is 0 Å². The van der Waals surface area contributed by atoms with Gasteiger partial charge in [0.05, 0.1) is 24.7 Å². The molecule has 19 heavy (non-hydrogen) atoms. The van der Waals surface area contributed by atoms with E-state index in [0.717, 1.165) is 19.3 Å². The fraction of sp³-hybridized carbons (Fsp3) is 0.933. The second-order valence-electron chi connectivity index (χ2n) is 5.83. The first kappa shape index (κ1) is 16.4. The molecule has 4 heteroatoms. The lowest BCUT2D eigenvalue weighted by Gasteiger charge is -2.25. The first-order valence-corrected chi connectivity index (χ1v) is 7.38. The van der Waals surface area contributed by atoms with E-state index in [-0.39, 0.29) is 12.1 Å². The molecule has 1 saturated heterocycles. The van der Waals surface area contributed by atoms with Gasteiger partial charge in [0.15, 0.2) is 5.79 Å². The first-order valence-electron chi connectivity index (χ1n) is 7.38. The maximum Gasteiger partial charge on any atom is 0.311 e. The number of esters is 1. The third-order valence-corrected chi connectivity index (χ3v) is 4.10. The Hall–Kier alpha value is -0.610. The summed E-state index contributed by atoms with van der Waals surface area (Å²) in [6, 6.07) is 0. The predicted molar refractivity (Wildman–Crippen MR) is 73.8 cm³/mol. The molecule has 0 aliphatic carbocycles. The van der Waals surface area contributed by atoms with Gasteiger partial charge in [0.1, 0.15) is 0 Å². The highest BCUT2D eigenvalue weighted by Crippen LogP contribution is 2.31. The van der Waals surface area contributed by atoms with Gasteiger partial charge in [-0.3, -0.25) is 4.79 Å². The van der Waals surface area contributed by atoms with Crippen molar-refractivity contribution in [1.29, 1.82) is 0 Å². The Morgan fingerprint density at radius 2 is 1.95 bits per heavy atom. The SMILES string of the molecule is CCC1(CC)OCC(CCOC(=O)C(C)(C)CC)O1. The maximum atomic E-state index is 11.8. The number of carbonyl (C=O) groups is 1. The molecule has 1 fully saturated rings. The lowest BCUT2D eigenvalue weighted by molar-refractivity contribution is -0.174. The van der Waals surface area contributed by atoms with Crippen LogP contribution in [0.2, 0.25) is 0 Å². The number of rotatable bonds is 7. The van der Waals surface area contributed by atoms with Crippen molar-refractivity contribution in [2.24, 2.45) is 5.41 Å². The second kappa shape index (κ2) is 6.71. The van der Waals surface area contributed by atoms with Gasteiger partial charge < -0.3 is 14.2 Å². The van der Waals surface area contributed by atoms with Crippen LogP contribution in [-0.2, 0) is 19.0 Å². The first-order chi connectivity index (χ1) is 8.89. The molecule has 0 bridgehead atoms. The van der Waals surface area contributed by atoms with Gasteiger partial charge in [-0.05, 0) is 33.1 Å². The van der Waals surface area contributed by atoms with Crippen LogP contribution in [0.5, 0.6) is 0 Å². The molecule has 112 valence electrons. The van der Waals surface area contributed by atoms with E-state index in [2.05, 4.69) is 13.8 Å². The topological polar surface area (TPSA) is 44.8 Å². The Labute approximate surface area is 116 Å². The van der Waals surface area contributed by atoms with E-state index >= 15 is 0 Å². The lowest BCUT2D eigenvalue weighted by atomic mass is 9.91. The molecular weight excluding hydrogens is 244 g/mol. The van der Waals surface area contributed by atoms with Gasteiger partial charge in [0, 0.05) is 6.42 Å². The summed E-state index contributed by atoms with van der Waals surface area (Å²) in [4.78, 5) is 11.8. The Bertz CT molecular complexity index is 295. The normalized spacial score (nSPS) is 22.5. The average molecular weight is 272 g/mol. The van der Waals surface area contributed by atoms with Gasteiger partial charge in [0.25, 0.3) is 0 Å². The summed E-state index contributed by atoms with van der Waals surface area (Å²) < 4.78 is 17.0. The quantitative estimate of drug-likeness (QED) is 0.667. The number of ether oxygens (including phenoxy) is 3. The maximum absolute atomic E-state index is 11.8. The lowest BCUT2D eigenvalue weighted by Crippen LogP contribution is -2.30. The Kier molecular flexibility index (Phi) is 5.81. The molecule has 0 aromatic heterocycles. The van der Waals surface area contributed by atoms with Gasteiger partial charge in [-0.15, -0.1) is 0 Å². The van der Waals surface area contributed by atoms with E-state index in [9.17, 15) is 4.79 Å². The third-order valence-electron chi connectivity index (χ3n) is 4.10. The monoisotopic (exact) mass is 272 g/mol. The standard InChI is InChI=1S/C15H28O4/c1-6-14(4,5)13(16)17-10-9-12-11-18-15(7-2,8-3)19-12/h12H,6-11H2,1-5H3. The van der Waals surface area contributed by atoms with Gasteiger partial charge in [-0.25, -0.2) is 0 Å². The fourth-order valence-corrected chi connectivity index (χ4v) is 2.00. The molecule has 0 N–H and O–H groups in total. The van der Waals surface area contributed by atoms with E-state index in [0.29, 0.717) is 19.6 Å². The zero-order valence-electron chi connectivity index (χ0n) is 13.0. The van der Waals surface area contributed by atoms with Crippen LogP contribution in [0.15, 0.2) is 0 Å². The van der Waals surface area contributed by atoms with Crippen molar-refractivity contribution in [2.75, 3.05) is 13.2 Å². The van der Waals surface area contributed by atoms with Gasteiger partial charge in [0.2, 0.25) is 0 Å². The molecule has 1 aliphatic heterocycles. The molecule has 1 aliphatic rings. The van der Waals surface area contributed by atoms with Crippen LogP contribution >= 0.6 is 0 Å². The van der Waals surface area contributed by atoms with Crippen LogP contribution < -0.4 is 0 Å². The summed E-state index contributed by atoms with van der Waals surface area (Å²) in [5.41, 5.74) is -0.399. The minimum absolute atomic E-state index is 0.0393. The van der Waals surface area contributed by atoms with Crippen molar-refractivity contribution in [3.63, 3.8) is 0 Å². The van der Waals surface area contributed by atoms with E-state index in [1.807, 2.05) is 20.8 Å². The molecule has 0 radical (unpaired) electrons. The summed E-state index contributed by atoms with van der Waals surface area (Å²) in [6.45, 7) is 10.9. The largest absolute Gasteiger partial charge is 0.465 e. The Morgan fingerprint density at radius 3 is 2.42 bits per heavy atom.